The molecule has 2 aromatic heterocycles. The summed E-state index contributed by atoms with van der Waals surface area (Å²) in [6.07, 6.45) is 1.56. The van der Waals surface area contributed by atoms with Crippen molar-refractivity contribution in [1.82, 2.24) is 19.7 Å². The van der Waals surface area contributed by atoms with E-state index in [4.69, 9.17) is 11.6 Å². The molecule has 0 aromatic carbocycles. The van der Waals surface area contributed by atoms with E-state index in [9.17, 15) is 4.79 Å². The molecule has 0 radical (unpaired) electrons. The lowest BCUT2D eigenvalue weighted by Crippen LogP contribution is -2.26. The average Bonchev–Trinajstić information content (AvgIpc) is 2.65. The Balaban J connectivity index is 2.42. The van der Waals surface area contributed by atoms with Crippen LogP contribution in [0.3, 0.4) is 0 Å². The second kappa shape index (κ2) is 4.76. The zero-order valence-electron chi connectivity index (χ0n) is 8.15. The molecule has 5 nitrogen and oxygen atoms in total. The summed E-state index contributed by atoms with van der Waals surface area (Å²) in [5.74, 6) is 0.650. The van der Waals surface area contributed by atoms with Crippen LogP contribution < -0.4 is 5.56 Å². The van der Waals surface area contributed by atoms with Gasteiger partial charge in [-0.25, -0.2) is 4.98 Å². The van der Waals surface area contributed by atoms with Crippen molar-refractivity contribution >= 4 is 45.5 Å². The molecule has 0 aliphatic carbocycles. The van der Waals surface area contributed by atoms with Gasteiger partial charge in [-0.15, -0.1) is 10.2 Å². The lowest BCUT2D eigenvalue weighted by molar-refractivity contribution is 0.685. The number of hydrogen-bond acceptors (Lipinski definition) is 5. The van der Waals surface area contributed by atoms with Crippen LogP contribution >= 0.6 is 45.5 Å². The van der Waals surface area contributed by atoms with Crippen molar-refractivity contribution in [3.8, 4) is 0 Å². The molecular weight excluding hydrogens is 363 g/mol. The minimum Gasteiger partial charge on any atom is -0.289 e. The highest BCUT2D eigenvalue weighted by Crippen LogP contribution is 2.15. The first-order valence-corrected chi connectivity index (χ1v) is 6.55. The fraction of sp³-hybridized carbons (Fsp3) is 0.250. The van der Waals surface area contributed by atoms with Crippen LogP contribution in [0.4, 0.5) is 0 Å². The van der Waals surface area contributed by atoms with E-state index in [0.29, 0.717) is 25.4 Å². The van der Waals surface area contributed by atoms with Crippen LogP contribution in [0.15, 0.2) is 11.0 Å². The van der Waals surface area contributed by atoms with Gasteiger partial charge in [0.25, 0.3) is 5.56 Å². The molecule has 84 valence electrons. The number of aryl methyl sites for hydroxylation is 1. The van der Waals surface area contributed by atoms with Crippen molar-refractivity contribution < 1.29 is 0 Å². The Morgan fingerprint density at radius 2 is 2.31 bits per heavy atom. The maximum atomic E-state index is 11.8. The maximum Gasteiger partial charge on any atom is 0.267 e. The lowest BCUT2D eigenvalue weighted by Gasteiger charge is -2.06. The summed E-state index contributed by atoms with van der Waals surface area (Å²) in [5, 5.41) is 8.25. The normalized spacial score (nSPS) is 10.7. The van der Waals surface area contributed by atoms with E-state index < -0.39 is 0 Å². The summed E-state index contributed by atoms with van der Waals surface area (Å²) < 4.78 is 2.51. The van der Waals surface area contributed by atoms with Crippen molar-refractivity contribution in [3.05, 3.63) is 35.4 Å². The third-order valence-corrected chi connectivity index (χ3v) is 3.68. The van der Waals surface area contributed by atoms with Gasteiger partial charge in [0.2, 0.25) is 4.47 Å². The number of hydrogen-bond donors (Lipinski definition) is 0. The predicted molar refractivity (Wildman–Crippen MR) is 70.0 cm³/mol. The molecule has 0 N–H and O–H groups in total. The summed E-state index contributed by atoms with van der Waals surface area (Å²) in [4.78, 5) is 16.0. The van der Waals surface area contributed by atoms with Crippen molar-refractivity contribution in [1.29, 1.82) is 0 Å². The van der Waals surface area contributed by atoms with Gasteiger partial charge < -0.3 is 0 Å². The first-order chi connectivity index (χ1) is 7.58. The smallest absolute Gasteiger partial charge is 0.267 e. The van der Waals surface area contributed by atoms with Gasteiger partial charge in [0, 0.05) is 6.20 Å². The summed E-state index contributed by atoms with van der Waals surface area (Å²) in [6.45, 7) is 2.14. The van der Waals surface area contributed by atoms with Crippen LogP contribution in [0.5, 0.6) is 0 Å². The van der Waals surface area contributed by atoms with Crippen molar-refractivity contribution in [2.45, 2.75) is 13.5 Å². The third kappa shape index (κ3) is 2.41. The number of halogens is 2. The first-order valence-electron chi connectivity index (χ1n) is 4.28. The van der Waals surface area contributed by atoms with E-state index in [1.54, 1.807) is 17.7 Å². The molecule has 2 heterocycles. The molecule has 0 atom stereocenters. The minimum atomic E-state index is -0.0700. The van der Waals surface area contributed by atoms with Crippen molar-refractivity contribution in [2.75, 3.05) is 0 Å². The topological polar surface area (TPSA) is 60.7 Å². The lowest BCUT2D eigenvalue weighted by atomic mass is 10.5. The standard InChI is InChI=1S/C8H6ClIN4OS/c1-4-11-2-5(10)7(15)14(4)3-6-12-13-8(9)16-6/h2H,3H2,1H3. The maximum absolute atomic E-state index is 11.8. The van der Waals surface area contributed by atoms with E-state index in [0.717, 1.165) is 0 Å². The Morgan fingerprint density at radius 3 is 2.94 bits per heavy atom. The zero-order chi connectivity index (χ0) is 11.7. The Labute approximate surface area is 114 Å². The molecule has 16 heavy (non-hydrogen) atoms. The second-order valence-corrected chi connectivity index (χ2v) is 5.80. The molecular formula is C8H6ClIN4OS. The third-order valence-electron chi connectivity index (χ3n) is 1.94. The Bertz CT molecular complexity index is 582. The number of aromatic nitrogens is 4. The van der Waals surface area contributed by atoms with Crippen LogP contribution in [0.25, 0.3) is 0 Å². The van der Waals surface area contributed by atoms with Gasteiger partial charge in [-0.05, 0) is 41.1 Å². The van der Waals surface area contributed by atoms with E-state index in [-0.39, 0.29) is 5.56 Å². The Morgan fingerprint density at radius 1 is 1.56 bits per heavy atom. The molecule has 0 saturated carbocycles. The van der Waals surface area contributed by atoms with E-state index >= 15 is 0 Å². The largest absolute Gasteiger partial charge is 0.289 e. The van der Waals surface area contributed by atoms with E-state index in [1.165, 1.54) is 11.3 Å². The molecule has 0 amide bonds. The Hall–Kier alpha value is -0.540. The molecule has 0 aliphatic heterocycles. The summed E-state index contributed by atoms with van der Waals surface area (Å²) >= 11 is 8.90. The van der Waals surface area contributed by atoms with Crippen molar-refractivity contribution in [3.63, 3.8) is 0 Å². The predicted octanol–water partition coefficient (Wildman–Crippen LogP) is 1.71. The van der Waals surface area contributed by atoms with Crippen LogP contribution in [-0.4, -0.2) is 19.7 Å². The minimum absolute atomic E-state index is 0.0700. The molecule has 0 aliphatic rings. The zero-order valence-corrected chi connectivity index (χ0v) is 11.9. The quantitative estimate of drug-likeness (QED) is 0.757. The van der Waals surface area contributed by atoms with Crippen molar-refractivity contribution in [2.24, 2.45) is 0 Å². The summed E-state index contributed by atoms with van der Waals surface area (Å²) in [5.41, 5.74) is -0.0700. The second-order valence-electron chi connectivity index (χ2n) is 2.99. The van der Waals surface area contributed by atoms with Gasteiger partial charge in [0.1, 0.15) is 10.8 Å². The highest BCUT2D eigenvalue weighted by atomic mass is 127. The van der Waals surface area contributed by atoms with Gasteiger partial charge in [-0.1, -0.05) is 11.3 Å². The van der Waals surface area contributed by atoms with Gasteiger partial charge in [-0.2, -0.15) is 0 Å². The molecule has 0 fully saturated rings. The van der Waals surface area contributed by atoms with Crippen LogP contribution in [0.2, 0.25) is 4.47 Å². The molecule has 0 bridgehead atoms. The highest BCUT2D eigenvalue weighted by Gasteiger charge is 2.09. The molecule has 0 unspecified atom stereocenters. The fourth-order valence-corrected chi connectivity index (χ4v) is 2.46. The van der Waals surface area contributed by atoms with Gasteiger partial charge in [-0.3, -0.25) is 9.36 Å². The van der Waals surface area contributed by atoms with E-state index in [2.05, 4.69) is 15.2 Å². The van der Waals surface area contributed by atoms with Crippen LogP contribution in [-0.2, 0) is 6.54 Å². The highest BCUT2D eigenvalue weighted by molar-refractivity contribution is 14.1. The molecule has 8 heteroatoms. The van der Waals surface area contributed by atoms with E-state index in [1.807, 2.05) is 22.6 Å². The Kier molecular flexibility index (Phi) is 3.55. The first kappa shape index (κ1) is 11.9. The average molecular weight is 369 g/mol. The number of nitrogens with zero attached hydrogens (tertiary/aromatic N) is 4. The van der Waals surface area contributed by atoms with Gasteiger partial charge in [0.15, 0.2) is 0 Å². The molecule has 0 saturated heterocycles. The SMILES string of the molecule is Cc1ncc(I)c(=O)n1Cc1nnc(Cl)s1. The van der Waals surface area contributed by atoms with Crippen LogP contribution in [0, 0.1) is 10.5 Å². The molecule has 2 rings (SSSR count). The number of rotatable bonds is 2. The van der Waals surface area contributed by atoms with Crippen LogP contribution in [0.1, 0.15) is 10.8 Å². The summed E-state index contributed by atoms with van der Waals surface area (Å²) in [6, 6.07) is 0. The van der Waals surface area contributed by atoms with Gasteiger partial charge >= 0.3 is 0 Å². The summed E-state index contributed by atoms with van der Waals surface area (Å²) in [7, 11) is 0. The molecule has 2 aromatic rings. The van der Waals surface area contributed by atoms with Gasteiger partial charge in [0.05, 0.1) is 10.1 Å². The fourth-order valence-electron chi connectivity index (χ4n) is 1.17. The monoisotopic (exact) mass is 368 g/mol. The molecule has 0 spiro atoms.